The first-order valence-corrected chi connectivity index (χ1v) is 8.38. The summed E-state index contributed by atoms with van der Waals surface area (Å²) in [5.41, 5.74) is 1.64. The minimum Gasteiger partial charge on any atom is -0.481 e. The molecule has 0 aliphatic carbocycles. The van der Waals surface area contributed by atoms with Crippen LogP contribution >= 0.6 is 0 Å². The highest BCUT2D eigenvalue weighted by atomic mass is 16.4. The first-order chi connectivity index (χ1) is 11.5. The second kappa shape index (κ2) is 6.59. The van der Waals surface area contributed by atoms with E-state index in [1.165, 1.54) is 5.56 Å². The molecule has 1 aliphatic heterocycles. The number of nitrogens with zero attached hydrogens (tertiary/aromatic N) is 2. The molecule has 1 aliphatic rings. The largest absolute Gasteiger partial charge is 0.481 e. The number of aliphatic carboxylic acids is 1. The molecule has 1 amide bonds. The second-order valence-electron chi connectivity index (χ2n) is 6.70. The van der Waals surface area contributed by atoms with Crippen LogP contribution in [-0.2, 0) is 4.79 Å². The zero-order valence-corrected chi connectivity index (χ0v) is 14.0. The molecule has 1 fully saturated rings. The van der Waals surface area contributed by atoms with Crippen molar-refractivity contribution in [3.05, 3.63) is 41.7 Å². The maximum absolute atomic E-state index is 12.9. The van der Waals surface area contributed by atoms with Crippen molar-refractivity contribution in [2.75, 3.05) is 13.1 Å². The molecule has 24 heavy (non-hydrogen) atoms. The van der Waals surface area contributed by atoms with Gasteiger partial charge in [-0.2, -0.15) is 0 Å². The number of amides is 1. The Morgan fingerprint density at radius 1 is 1.21 bits per heavy atom. The van der Waals surface area contributed by atoms with Crippen LogP contribution in [0.2, 0.25) is 0 Å². The number of rotatable bonds is 3. The highest BCUT2D eigenvalue weighted by Crippen LogP contribution is 2.25. The summed E-state index contributed by atoms with van der Waals surface area (Å²) in [6.07, 6.45) is 2.67. The summed E-state index contributed by atoms with van der Waals surface area (Å²) in [6.45, 7) is 5.18. The molecule has 2 heterocycles. The van der Waals surface area contributed by atoms with Crippen LogP contribution in [0.15, 0.2) is 30.5 Å². The number of hydrogen-bond acceptors (Lipinski definition) is 3. The third-order valence-electron chi connectivity index (χ3n) is 4.79. The summed E-state index contributed by atoms with van der Waals surface area (Å²) in [7, 11) is 0. The minimum absolute atomic E-state index is 0.106. The standard InChI is InChI=1S/C19H22N2O3/c1-12(2)15-4-3-13-5-8-20-17(16(13)11-15)18(22)21-9-6-14(7-10-21)19(23)24/h3-5,8,11-12,14H,6-7,9-10H2,1-2H3,(H,23,24). The predicted molar refractivity (Wildman–Crippen MR) is 92.1 cm³/mol. The average molecular weight is 326 g/mol. The molecule has 0 unspecified atom stereocenters. The summed E-state index contributed by atoms with van der Waals surface area (Å²) >= 11 is 0. The van der Waals surface area contributed by atoms with Crippen LogP contribution in [-0.4, -0.2) is 40.0 Å². The number of likely N-dealkylation sites (tertiary alicyclic amines) is 1. The molecule has 1 aromatic heterocycles. The maximum atomic E-state index is 12.9. The van der Waals surface area contributed by atoms with Gasteiger partial charge in [-0.1, -0.05) is 26.0 Å². The van der Waals surface area contributed by atoms with Gasteiger partial charge in [-0.25, -0.2) is 0 Å². The number of carbonyl (C=O) groups excluding carboxylic acids is 1. The van der Waals surface area contributed by atoms with Gasteiger partial charge in [0.2, 0.25) is 0 Å². The van der Waals surface area contributed by atoms with Gasteiger partial charge in [0, 0.05) is 24.7 Å². The van der Waals surface area contributed by atoms with Crippen LogP contribution in [0.5, 0.6) is 0 Å². The third-order valence-corrected chi connectivity index (χ3v) is 4.79. The van der Waals surface area contributed by atoms with Crippen molar-refractivity contribution in [1.29, 1.82) is 0 Å². The number of carboxylic acid groups (broad SMARTS) is 1. The fourth-order valence-electron chi connectivity index (χ4n) is 3.19. The van der Waals surface area contributed by atoms with Gasteiger partial charge in [0.05, 0.1) is 5.92 Å². The molecule has 0 saturated carbocycles. The van der Waals surface area contributed by atoms with Gasteiger partial charge < -0.3 is 10.0 Å². The smallest absolute Gasteiger partial charge is 0.306 e. The van der Waals surface area contributed by atoms with Gasteiger partial charge in [-0.05, 0) is 41.8 Å². The first-order valence-electron chi connectivity index (χ1n) is 8.38. The Balaban J connectivity index is 1.90. The molecule has 1 N–H and O–H groups in total. The lowest BCUT2D eigenvalue weighted by molar-refractivity contribution is -0.143. The molecule has 0 atom stereocenters. The van der Waals surface area contributed by atoms with E-state index in [1.807, 2.05) is 18.2 Å². The summed E-state index contributed by atoms with van der Waals surface area (Å²) < 4.78 is 0. The van der Waals surface area contributed by atoms with E-state index in [1.54, 1.807) is 11.1 Å². The first kappa shape index (κ1) is 16.4. The van der Waals surface area contributed by atoms with Gasteiger partial charge in [0.1, 0.15) is 5.69 Å². The number of aromatic nitrogens is 1. The summed E-state index contributed by atoms with van der Waals surface area (Å²) in [6, 6.07) is 8.07. The molecule has 1 saturated heterocycles. The molecule has 0 radical (unpaired) electrons. The lowest BCUT2D eigenvalue weighted by Crippen LogP contribution is -2.40. The quantitative estimate of drug-likeness (QED) is 0.939. The van der Waals surface area contributed by atoms with Gasteiger partial charge in [-0.3, -0.25) is 14.6 Å². The van der Waals surface area contributed by atoms with E-state index in [0.717, 1.165) is 10.8 Å². The molecule has 5 heteroatoms. The Bertz CT molecular complexity index is 777. The third kappa shape index (κ3) is 3.11. The maximum Gasteiger partial charge on any atom is 0.306 e. The van der Waals surface area contributed by atoms with E-state index in [2.05, 4.69) is 24.9 Å². The Morgan fingerprint density at radius 3 is 2.54 bits per heavy atom. The normalized spacial score (nSPS) is 15.9. The zero-order valence-electron chi connectivity index (χ0n) is 14.0. The number of piperidine rings is 1. The molecule has 1 aromatic carbocycles. The lowest BCUT2D eigenvalue weighted by Gasteiger charge is -2.30. The Hall–Kier alpha value is -2.43. The van der Waals surface area contributed by atoms with Crippen LogP contribution in [0.25, 0.3) is 10.8 Å². The van der Waals surface area contributed by atoms with Crippen LogP contribution in [0, 0.1) is 5.92 Å². The molecule has 126 valence electrons. The van der Waals surface area contributed by atoms with E-state index >= 15 is 0 Å². The van der Waals surface area contributed by atoms with Crippen molar-refractivity contribution in [3.63, 3.8) is 0 Å². The van der Waals surface area contributed by atoms with Crippen molar-refractivity contribution in [3.8, 4) is 0 Å². The van der Waals surface area contributed by atoms with Gasteiger partial charge in [-0.15, -0.1) is 0 Å². The van der Waals surface area contributed by atoms with Crippen LogP contribution in [0.1, 0.15) is 48.7 Å². The average Bonchev–Trinajstić information content (AvgIpc) is 2.60. The number of benzene rings is 1. The number of pyridine rings is 1. The van der Waals surface area contributed by atoms with E-state index in [0.29, 0.717) is 37.5 Å². The van der Waals surface area contributed by atoms with Crippen LogP contribution in [0.4, 0.5) is 0 Å². The number of carbonyl (C=O) groups is 2. The minimum atomic E-state index is -0.771. The number of carboxylic acids is 1. The predicted octanol–water partition coefficient (Wildman–Crippen LogP) is 3.30. The van der Waals surface area contributed by atoms with Crippen molar-refractivity contribution < 1.29 is 14.7 Å². The van der Waals surface area contributed by atoms with E-state index < -0.39 is 5.97 Å². The lowest BCUT2D eigenvalue weighted by atomic mass is 9.96. The molecule has 2 aromatic rings. The Morgan fingerprint density at radius 2 is 1.92 bits per heavy atom. The van der Waals surface area contributed by atoms with Crippen molar-refractivity contribution >= 4 is 22.6 Å². The Labute approximate surface area is 141 Å². The van der Waals surface area contributed by atoms with E-state index in [-0.39, 0.29) is 11.8 Å². The van der Waals surface area contributed by atoms with Gasteiger partial charge in [0.15, 0.2) is 0 Å². The summed E-state index contributed by atoms with van der Waals surface area (Å²) in [5.74, 6) is -0.844. The van der Waals surface area contributed by atoms with Gasteiger partial charge >= 0.3 is 5.97 Å². The number of hydrogen-bond donors (Lipinski definition) is 1. The summed E-state index contributed by atoms with van der Waals surface area (Å²) in [4.78, 5) is 30.0. The Kier molecular flexibility index (Phi) is 4.51. The molecular formula is C19H22N2O3. The molecule has 3 rings (SSSR count). The van der Waals surface area contributed by atoms with Crippen molar-refractivity contribution in [2.45, 2.75) is 32.6 Å². The SMILES string of the molecule is CC(C)c1ccc2ccnc(C(=O)N3CCC(C(=O)O)CC3)c2c1. The van der Waals surface area contributed by atoms with Crippen LogP contribution < -0.4 is 0 Å². The second-order valence-corrected chi connectivity index (χ2v) is 6.70. The van der Waals surface area contributed by atoms with Gasteiger partial charge in [0.25, 0.3) is 5.91 Å². The highest BCUT2D eigenvalue weighted by molar-refractivity contribution is 6.05. The van der Waals surface area contributed by atoms with Crippen LogP contribution in [0.3, 0.4) is 0 Å². The van der Waals surface area contributed by atoms with E-state index in [4.69, 9.17) is 5.11 Å². The van der Waals surface area contributed by atoms with Crippen molar-refractivity contribution in [2.24, 2.45) is 5.92 Å². The number of fused-ring (bicyclic) bond motifs is 1. The fourth-order valence-corrected chi connectivity index (χ4v) is 3.19. The molecule has 0 bridgehead atoms. The molecule has 0 spiro atoms. The molecule has 5 nitrogen and oxygen atoms in total. The topological polar surface area (TPSA) is 70.5 Å². The highest BCUT2D eigenvalue weighted by Gasteiger charge is 2.28. The summed E-state index contributed by atoms with van der Waals surface area (Å²) in [5, 5.41) is 11.0. The monoisotopic (exact) mass is 326 g/mol. The van der Waals surface area contributed by atoms with E-state index in [9.17, 15) is 9.59 Å². The zero-order chi connectivity index (χ0) is 17.3. The fraction of sp³-hybridized carbons (Fsp3) is 0.421. The van der Waals surface area contributed by atoms with Crippen molar-refractivity contribution in [1.82, 2.24) is 9.88 Å². The molecular weight excluding hydrogens is 304 g/mol.